The molecule has 8 nitrogen and oxygen atoms in total. The van der Waals surface area contributed by atoms with Gasteiger partial charge in [-0.3, -0.25) is 0 Å². The standard InChI is InChI=1S/C18H24N6O2S/c1-12-11-26-8-7-24(12)17-10-16(23-27(2,25)14-3-4-14)21-18(22-17)13-5-6-20-15(19)9-13/h5-6,9-10,12,14H,3-4,7-8,11H2,1-2H3,(H2,19,20)/t12-,27-/m1/s1. The molecule has 2 fully saturated rings. The Morgan fingerprint density at radius 2 is 2.15 bits per heavy atom. The first-order valence-corrected chi connectivity index (χ1v) is 11.1. The Morgan fingerprint density at radius 3 is 2.85 bits per heavy atom. The van der Waals surface area contributed by atoms with Gasteiger partial charge in [-0.25, -0.2) is 19.2 Å². The summed E-state index contributed by atoms with van der Waals surface area (Å²) in [5.41, 5.74) is 6.58. The lowest BCUT2D eigenvalue weighted by molar-refractivity contribution is 0.0985. The zero-order valence-electron chi connectivity index (χ0n) is 15.5. The third-order valence-corrected chi connectivity index (χ3v) is 7.08. The molecule has 2 aliphatic rings. The van der Waals surface area contributed by atoms with E-state index in [1.54, 1.807) is 18.5 Å². The second-order valence-electron chi connectivity index (χ2n) is 7.15. The predicted octanol–water partition coefficient (Wildman–Crippen LogP) is 2.24. The van der Waals surface area contributed by atoms with Gasteiger partial charge in [0.1, 0.15) is 11.6 Å². The van der Waals surface area contributed by atoms with Gasteiger partial charge in [0.05, 0.1) is 29.0 Å². The zero-order chi connectivity index (χ0) is 19.0. The van der Waals surface area contributed by atoms with Crippen molar-refractivity contribution in [3.63, 3.8) is 0 Å². The first-order chi connectivity index (χ1) is 12.9. The lowest BCUT2D eigenvalue weighted by Crippen LogP contribution is -2.44. The Kier molecular flexibility index (Phi) is 4.73. The van der Waals surface area contributed by atoms with Crippen LogP contribution in [-0.4, -0.2) is 56.5 Å². The summed E-state index contributed by atoms with van der Waals surface area (Å²) in [4.78, 5) is 15.5. The Balaban J connectivity index is 1.82. The number of hydrogen-bond donors (Lipinski definition) is 1. The van der Waals surface area contributed by atoms with E-state index >= 15 is 0 Å². The number of nitrogens with two attached hydrogens (primary N) is 1. The molecule has 1 saturated carbocycles. The van der Waals surface area contributed by atoms with E-state index in [-0.39, 0.29) is 11.3 Å². The third-order valence-electron chi connectivity index (χ3n) is 4.82. The van der Waals surface area contributed by atoms with Crippen LogP contribution in [0.25, 0.3) is 11.4 Å². The van der Waals surface area contributed by atoms with Crippen LogP contribution in [0.3, 0.4) is 0 Å². The van der Waals surface area contributed by atoms with E-state index in [1.807, 2.05) is 12.1 Å². The van der Waals surface area contributed by atoms with Crippen molar-refractivity contribution in [2.24, 2.45) is 4.36 Å². The lowest BCUT2D eigenvalue weighted by Gasteiger charge is -2.34. The minimum absolute atomic E-state index is 0.165. The van der Waals surface area contributed by atoms with E-state index in [1.165, 1.54) is 0 Å². The summed E-state index contributed by atoms with van der Waals surface area (Å²) in [6.07, 6.45) is 5.27. The van der Waals surface area contributed by atoms with Crippen molar-refractivity contribution in [1.29, 1.82) is 0 Å². The quantitative estimate of drug-likeness (QED) is 0.856. The molecule has 3 heterocycles. The molecule has 2 aromatic heterocycles. The Hall–Kier alpha value is -2.26. The largest absolute Gasteiger partial charge is 0.384 e. The van der Waals surface area contributed by atoms with Crippen LogP contribution in [0.5, 0.6) is 0 Å². The zero-order valence-corrected chi connectivity index (χ0v) is 16.4. The highest BCUT2D eigenvalue weighted by Crippen LogP contribution is 2.33. The number of nitrogens with zero attached hydrogens (tertiary/aromatic N) is 5. The van der Waals surface area contributed by atoms with Crippen LogP contribution in [0.2, 0.25) is 0 Å². The highest BCUT2D eigenvalue weighted by Gasteiger charge is 2.31. The molecule has 1 aliphatic carbocycles. The molecule has 0 bridgehead atoms. The van der Waals surface area contributed by atoms with E-state index in [0.29, 0.717) is 30.7 Å². The van der Waals surface area contributed by atoms with Crippen LogP contribution in [0.15, 0.2) is 28.8 Å². The third kappa shape index (κ3) is 4.03. The fourth-order valence-corrected chi connectivity index (χ4v) is 4.79. The highest BCUT2D eigenvalue weighted by molar-refractivity contribution is 7.93. The van der Waals surface area contributed by atoms with Gasteiger partial charge in [-0.15, -0.1) is 0 Å². The molecule has 144 valence electrons. The van der Waals surface area contributed by atoms with Gasteiger partial charge in [-0.2, -0.15) is 4.36 Å². The van der Waals surface area contributed by atoms with Gasteiger partial charge in [0, 0.05) is 35.9 Å². The average Bonchev–Trinajstić information content (AvgIpc) is 3.47. The van der Waals surface area contributed by atoms with Crippen molar-refractivity contribution < 1.29 is 8.95 Å². The molecule has 9 heteroatoms. The Morgan fingerprint density at radius 1 is 1.33 bits per heavy atom. The van der Waals surface area contributed by atoms with E-state index in [0.717, 1.165) is 30.8 Å². The Bertz CT molecular complexity index is 968. The second-order valence-corrected chi connectivity index (χ2v) is 9.72. The summed E-state index contributed by atoms with van der Waals surface area (Å²) in [6.45, 7) is 4.11. The summed E-state index contributed by atoms with van der Waals surface area (Å²) in [6, 6.07) is 5.55. The number of anilines is 2. The number of hydrogen-bond acceptors (Lipinski definition) is 8. The molecule has 2 aromatic rings. The van der Waals surface area contributed by atoms with Crippen molar-refractivity contribution in [3.8, 4) is 11.4 Å². The molecule has 0 spiro atoms. The van der Waals surface area contributed by atoms with Crippen LogP contribution in [0.1, 0.15) is 19.8 Å². The van der Waals surface area contributed by atoms with Crippen molar-refractivity contribution in [3.05, 3.63) is 24.4 Å². The summed E-state index contributed by atoms with van der Waals surface area (Å²) in [7, 11) is -2.30. The molecule has 0 unspecified atom stereocenters. The highest BCUT2D eigenvalue weighted by atomic mass is 32.2. The number of nitrogen functional groups attached to an aromatic ring is 1. The van der Waals surface area contributed by atoms with Gasteiger partial charge in [0.2, 0.25) is 0 Å². The number of pyridine rings is 1. The van der Waals surface area contributed by atoms with Gasteiger partial charge in [-0.05, 0) is 31.9 Å². The van der Waals surface area contributed by atoms with Crippen LogP contribution in [-0.2, 0) is 14.5 Å². The topological polar surface area (TPSA) is 107 Å². The SMILES string of the molecule is C[C@@H]1COCCN1c1cc(N=[S@](C)(=O)C2CC2)nc(-c2ccnc(N)c2)n1. The summed E-state index contributed by atoms with van der Waals surface area (Å²) in [5.74, 6) is 2.11. The first-order valence-electron chi connectivity index (χ1n) is 9.09. The monoisotopic (exact) mass is 388 g/mol. The maximum absolute atomic E-state index is 12.9. The Labute approximate surface area is 159 Å². The molecule has 1 aliphatic heterocycles. The normalized spacial score (nSPS) is 22.3. The van der Waals surface area contributed by atoms with Crippen molar-refractivity contribution >= 4 is 27.2 Å². The molecular weight excluding hydrogens is 364 g/mol. The maximum Gasteiger partial charge on any atom is 0.167 e. The van der Waals surface area contributed by atoms with E-state index in [2.05, 4.69) is 26.2 Å². The summed E-state index contributed by atoms with van der Waals surface area (Å²) >= 11 is 0. The number of morpholine rings is 1. The minimum atomic E-state index is -2.30. The second kappa shape index (κ2) is 7.05. The van der Waals surface area contributed by atoms with E-state index < -0.39 is 9.73 Å². The summed E-state index contributed by atoms with van der Waals surface area (Å²) in [5, 5.41) is 0.165. The molecule has 2 N–H and O–H groups in total. The molecule has 0 aromatic carbocycles. The van der Waals surface area contributed by atoms with Crippen molar-refractivity contribution in [2.45, 2.75) is 31.1 Å². The summed E-state index contributed by atoms with van der Waals surface area (Å²) < 4.78 is 22.9. The van der Waals surface area contributed by atoms with Gasteiger partial charge in [-0.1, -0.05) is 0 Å². The molecule has 1 saturated heterocycles. The smallest absolute Gasteiger partial charge is 0.167 e. The molecule has 4 rings (SSSR count). The molecule has 0 amide bonds. The van der Waals surface area contributed by atoms with Gasteiger partial charge in [0.15, 0.2) is 11.6 Å². The fraction of sp³-hybridized carbons (Fsp3) is 0.500. The van der Waals surface area contributed by atoms with E-state index in [4.69, 9.17) is 15.5 Å². The average molecular weight is 388 g/mol. The number of rotatable bonds is 4. The van der Waals surface area contributed by atoms with E-state index in [9.17, 15) is 4.21 Å². The van der Waals surface area contributed by atoms with Gasteiger partial charge < -0.3 is 15.4 Å². The molecule has 27 heavy (non-hydrogen) atoms. The van der Waals surface area contributed by atoms with Crippen LogP contribution in [0.4, 0.5) is 17.5 Å². The van der Waals surface area contributed by atoms with Crippen LogP contribution < -0.4 is 10.6 Å². The molecule has 2 atom stereocenters. The number of aromatic nitrogens is 3. The van der Waals surface area contributed by atoms with Gasteiger partial charge in [0.25, 0.3) is 0 Å². The van der Waals surface area contributed by atoms with Gasteiger partial charge >= 0.3 is 0 Å². The van der Waals surface area contributed by atoms with Crippen LogP contribution >= 0.6 is 0 Å². The van der Waals surface area contributed by atoms with Crippen molar-refractivity contribution in [1.82, 2.24) is 15.0 Å². The van der Waals surface area contributed by atoms with Crippen LogP contribution in [0, 0.1) is 0 Å². The maximum atomic E-state index is 12.9. The number of ether oxygens (including phenoxy) is 1. The lowest BCUT2D eigenvalue weighted by atomic mass is 10.2. The molecule has 0 radical (unpaired) electrons. The fourth-order valence-electron chi connectivity index (χ4n) is 3.17. The van der Waals surface area contributed by atoms with Crippen molar-refractivity contribution in [2.75, 3.05) is 36.6 Å². The predicted molar refractivity (Wildman–Crippen MR) is 106 cm³/mol. The first kappa shape index (κ1) is 18.1. The minimum Gasteiger partial charge on any atom is -0.384 e. The molecular formula is C18H24N6O2S.